The average molecular weight is 417 g/mol. The van der Waals surface area contributed by atoms with Crippen molar-refractivity contribution in [1.29, 1.82) is 0 Å². The highest BCUT2D eigenvalue weighted by Crippen LogP contribution is 2.56. The fourth-order valence-electron chi connectivity index (χ4n) is 6.01. The molecule has 2 aliphatic carbocycles. The minimum absolute atomic E-state index is 0.0520. The first-order valence-electron chi connectivity index (χ1n) is 11.4. The number of carbonyl (C=O) groups is 3. The minimum Gasteiger partial charge on any atom is -0.321 e. The lowest BCUT2D eigenvalue weighted by Gasteiger charge is -2.19. The third-order valence-corrected chi connectivity index (χ3v) is 7.55. The summed E-state index contributed by atoms with van der Waals surface area (Å²) in [5, 5.41) is 3.07. The molecule has 1 N–H and O–H groups in total. The first kappa shape index (κ1) is 20.0. The number of hydrogen-bond acceptors (Lipinski definition) is 3. The molecule has 2 saturated carbocycles. The van der Waals surface area contributed by atoms with Crippen molar-refractivity contribution in [2.75, 3.05) is 10.2 Å². The quantitative estimate of drug-likeness (QED) is 0.725. The van der Waals surface area contributed by atoms with Crippen molar-refractivity contribution >= 4 is 29.1 Å². The molecule has 160 valence electrons. The van der Waals surface area contributed by atoms with Gasteiger partial charge in [-0.2, -0.15) is 0 Å². The number of aryl methyl sites for hydroxylation is 2. The Labute approximate surface area is 182 Å². The maximum Gasteiger partial charge on any atom is 0.255 e. The molecule has 3 amide bonds. The Bertz CT molecular complexity index is 1010. The predicted octanol–water partition coefficient (Wildman–Crippen LogP) is 4.60. The number of fused-ring (bicyclic) bond motifs is 5. The first-order chi connectivity index (χ1) is 15.0. The first-order valence-corrected chi connectivity index (χ1v) is 11.4. The zero-order valence-corrected chi connectivity index (χ0v) is 18.1. The van der Waals surface area contributed by atoms with Crippen LogP contribution < -0.4 is 10.2 Å². The van der Waals surface area contributed by atoms with Crippen molar-refractivity contribution in [2.24, 2.45) is 23.7 Å². The third-order valence-electron chi connectivity index (χ3n) is 7.55. The molecule has 0 radical (unpaired) electrons. The Morgan fingerprint density at radius 3 is 1.97 bits per heavy atom. The highest BCUT2D eigenvalue weighted by molar-refractivity contribution is 6.22. The lowest BCUT2D eigenvalue weighted by atomic mass is 9.81. The van der Waals surface area contributed by atoms with Gasteiger partial charge in [-0.15, -0.1) is 0 Å². The number of amides is 3. The van der Waals surface area contributed by atoms with Gasteiger partial charge < -0.3 is 5.32 Å². The molecule has 5 heteroatoms. The zero-order chi connectivity index (χ0) is 21.7. The predicted molar refractivity (Wildman–Crippen MR) is 120 cm³/mol. The average Bonchev–Trinajstić information content (AvgIpc) is 3.47. The molecule has 0 unspecified atom stereocenters. The van der Waals surface area contributed by atoms with Gasteiger partial charge in [0.2, 0.25) is 11.8 Å². The Hall–Kier alpha value is -2.95. The van der Waals surface area contributed by atoms with Gasteiger partial charge in [0.15, 0.2) is 0 Å². The standard InChI is InChI=1S/C26H28N2O3/c1-3-15-6-5-7-16(4-2)23(15)27-24(29)17-10-12-20(13-11-17)28-25(30)21-18-8-9-19(14-18)22(21)26(28)31/h5-7,10-13,18-19,21-22H,3-4,8-9,14H2,1-2H3,(H,27,29)/t18-,19-,21-,22-/m0/s1. The summed E-state index contributed by atoms with van der Waals surface area (Å²) in [7, 11) is 0. The number of benzene rings is 2. The topological polar surface area (TPSA) is 66.5 Å². The van der Waals surface area contributed by atoms with Gasteiger partial charge in [-0.1, -0.05) is 32.0 Å². The maximum absolute atomic E-state index is 13.0. The van der Waals surface area contributed by atoms with Gasteiger partial charge in [-0.3, -0.25) is 19.3 Å². The number of carbonyl (C=O) groups excluding carboxylic acids is 3. The largest absolute Gasteiger partial charge is 0.321 e. The van der Waals surface area contributed by atoms with E-state index in [1.165, 1.54) is 4.90 Å². The molecule has 0 aromatic heterocycles. The second-order valence-electron chi connectivity index (χ2n) is 9.06. The van der Waals surface area contributed by atoms with E-state index in [2.05, 4.69) is 19.2 Å². The second kappa shape index (κ2) is 7.63. The molecule has 3 fully saturated rings. The van der Waals surface area contributed by atoms with Gasteiger partial charge >= 0.3 is 0 Å². The van der Waals surface area contributed by atoms with E-state index in [1.54, 1.807) is 24.3 Å². The number of rotatable bonds is 5. The SMILES string of the molecule is CCc1cccc(CC)c1NC(=O)c1ccc(N2C(=O)[C@H]3[C@H]4CC[C@@H](C4)[C@@H]3C2=O)cc1. The molecule has 1 heterocycles. The van der Waals surface area contributed by atoms with Crippen molar-refractivity contribution in [3.05, 3.63) is 59.2 Å². The van der Waals surface area contributed by atoms with Crippen molar-refractivity contribution < 1.29 is 14.4 Å². The van der Waals surface area contributed by atoms with Crippen LogP contribution in [0.3, 0.4) is 0 Å². The van der Waals surface area contributed by atoms with E-state index in [0.717, 1.165) is 48.9 Å². The molecule has 2 aromatic carbocycles. The van der Waals surface area contributed by atoms with E-state index in [1.807, 2.05) is 18.2 Å². The highest BCUT2D eigenvalue weighted by Gasteiger charge is 2.61. The number of anilines is 2. The zero-order valence-electron chi connectivity index (χ0n) is 18.1. The lowest BCUT2D eigenvalue weighted by molar-refractivity contribution is -0.123. The van der Waals surface area contributed by atoms with E-state index in [-0.39, 0.29) is 29.6 Å². The molecule has 1 saturated heterocycles. The van der Waals surface area contributed by atoms with Crippen molar-refractivity contribution in [1.82, 2.24) is 0 Å². The Morgan fingerprint density at radius 1 is 0.903 bits per heavy atom. The number of imide groups is 1. The summed E-state index contributed by atoms with van der Waals surface area (Å²) in [5.74, 6) is 0.184. The van der Waals surface area contributed by atoms with Crippen LogP contribution in [0.5, 0.6) is 0 Å². The molecule has 2 aromatic rings. The van der Waals surface area contributed by atoms with Crippen LogP contribution in [-0.4, -0.2) is 17.7 Å². The monoisotopic (exact) mass is 416 g/mol. The van der Waals surface area contributed by atoms with Crippen LogP contribution in [-0.2, 0) is 22.4 Å². The maximum atomic E-state index is 13.0. The summed E-state index contributed by atoms with van der Waals surface area (Å²) >= 11 is 0. The van der Waals surface area contributed by atoms with Gasteiger partial charge in [0.1, 0.15) is 0 Å². The van der Waals surface area contributed by atoms with E-state index >= 15 is 0 Å². The Balaban J connectivity index is 1.36. The van der Waals surface area contributed by atoms with Crippen LogP contribution >= 0.6 is 0 Å². The summed E-state index contributed by atoms with van der Waals surface area (Å²) in [5.41, 5.74) is 4.19. The number of hydrogen-bond donors (Lipinski definition) is 1. The summed E-state index contributed by atoms with van der Waals surface area (Å²) in [6, 6.07) is 12.9. The molecule has 1 aliphatic heterocycles. The molecule has 3 aliphatic rings. The van der Waals surface area contributed by atoms with Gasteiger partial charge in [0.05, 0.1) is 17.5 Å². The van der Waals surface area contributed by atoms with Crippen LogP contribution in [0.2, 0.25) is 0 Å². The smallest absolute Gasteiger partial charge is 0.255 e. The van der Waals surface area contributed by atoms with Crippen LogP contribution in [0, 0.1) is 23.7 Å². The fraction of sp³-hybridized carbons (Fsp3) is 0.423. The third kappa shape index (κ3) is 3.10. The highest BCUT2D eigenvalue weighted by atomic mass is 16.2. The molecular formula is C26H28N2O3. The van der Waals surface area contributed by atoms with Gasteiger partial charge in [0.25, 0.3) is 5.91 Å². The lowest BCUT2D eigenvalue weighted by Crippen LogP contribution is -2.32. The van der Waals surface area contributed by atoms with Crippen LogP contribution in [0.4, 0.5) is 11.4 Å². The summed E-state index contributed by atoms with van der Waals surface area (Å²) in [6.45, 7) is 4.15. The summed E-state index contributed by atoms with van der Waals surface area (Å²) < 4.78 is 0. The molecule has 5 rings (SSSR count). The van der Waals surface area contributed by atoms with Crippen LogP contribution in [0.15, 0.2) is 42.5 Å². The van der Waals surface area contributed by atoms with E-state index in [0.29, 0.717) is 23.1 Å². The summed E-state index contributed by atoms with van der Waals surface area (Å²) in [6.07, 6.45) is 4.84. The van der Waals surface area contributed by atoms with Gasteiger partial charge in [-0.05, 0) is 79.3 Å². The fourth-order valence-corrected chi connectivity index (χ4v) is 6.01. The molecular weight excluding hydrogens is 388 g/mol. The normalized spacial score (nSPS) is 26.5. The van der Waals surface area contributed by atoms with E-state index < -0.39 is 0 Å². The van der Waals surface area contributed by atoms with Crippen molar-refractivity contribution in [3.8, 4) is 0 Å². The van der Waals surface area contributed by atoms with Crippen molar-refractivity contribution in [3.63, 3.8) is 0 Å². The van der Waals surface area contributed by atoms with Gasteiger partial charge in [-0.25, -0.2) is 0 Å². The van der Waals surface area contributed by atoms with Gasteiger partial charge in [0, 0.05) is 11.3 Å². The van der Waals surface area contributed by atoms with Crippen molar-refractivity contribution in [2.45, 2.75) is 46.0 Å². The van der Waals surface area contributed by atoms with Crippen LogP contribution in [0.25, 0.3) is 0 Å². The number of nitrogens with one attached hydrogen (secondary N) is 1. The van der Waals surface area contributed by atoms with E-state index in [4.69, 9.17) is 0 Å². The molecule has 2 bridgehead atoms. The Morgan fingerprint density at radius 2 is 1.45 bits per heavy atom. The second-order valence-corrected chi connectivity index (χ2v) is 9.06. The minimum atomic E-state index is -0.184. The number of nitrogens with zero attached hydrogens (tertiary/aromatic N) is 1. The molecule has 0 spiro atoms. The van der Waals surface area contributed by atoms with E-state index in [9.17, 15) is 14.4 Å². The number of para-hydroxylation sites is 1. The molecule has 5 nitrogen and oxygen atoms in total. The van der Waals surface area contributed by atoms with Crippen LogP contribution in [0.1, 0.15) is 54.6 Å². The molecule has 31 heavy (non-hydrogen) atoms. The summed E-state index contributed by atoms with van der Waals surface area (Å²) in [4.78, 5) is 40.3. The Kier molecular flexibility index (Phi) is 4.92. The molecule has 4 atom stereocenters.